The molecule has 17 heavy (non-hydrogen) atoms. The topological polar surface area (TPSA) is 116 Å². The normalized spacial score (nSPS) is 22.0. The molecule has 0 aliphatic carbocycles. The van der Waals surface area contributed by atoms with Gasteiger partial charge in [-0.3, -0.25) is 0 Å². The largest absolute Gasteiger partial charge is 0.479 e. The fourth-order valence-corrected chi connectivity index (χ4v) is 2.46. The van der Waals surface area contributed by atoms with E-state index in [1.165, 1.54) is 0 Å². The fraction of sp³-hybridized carbons (Fsp3) is 0.875. The SMILES string of the molecule is CC(O)(CNS(=O)(=O)N1CCOCC1)C(=O)O. The average Bonchev–Trinajstić information content (AvgIpc) is 2.28. The molecule has 1 heterocycles. The Morgan fingerprint density at radius 2 is 2.00 bits per heavy atom. The Morgan fingerprint density at radius 3 is 2.47 bits per heavy atom. The van der Waals surface area contributed by atoms with E-state index in [0.29, 0.717) is 13.2 Å². The molecular formula is C8H16N2O6S. The van der Waals surface area contributed by atoms with Gasteiger partial charge in [0.25, 0.3) is 10.2 Å². The Labute approximate surface area is 99.4 Å². The number of morpholine rings is 1. The highest BCUT2D eigenvalue weighted by Crippen LogP contribution is 2.06. The van der Waals surface area contributed by atoms with Gasteiger partial charge in [-0.1, -0.05) is 0 Å². The predicted molar refractivity (Wildman–Crippen MR) is 57.6 cm³/mol. The first-order valence-corrected chi connectivity index (χ1v) is 6.48. The van der Waals surface area contributed by atoms with Crippen LogP contribution < -0.4 is 4.72 Å². The zero-order valence-corrected chi connectivity index (χ0v) is 10.2. The second kappa shape index (κ2) is 5.27. The van der Waals surface area contributed by atoms with Gasteiger partial charge >= 0.3 is 5.97 Å². The summed E-state index contributed by atoms with van der Waals surface area (Å²) in [6.45, 7) is 1.47. The summed E-state index contributed by atoms with van der Waals surface area (Å²) in [7, 11) is -3.77. The molecule has 1 fully saturated rings. The third kappa shape index (κ3) is 3.89. The number of rotatable bonds is 5. The van der Waals surface area contributed by atoms with Gasteiger partial charge in [-0.05, 0) is 6.92 Å². The van der Waals surface area contributed by atoms with Crippen LogP contribution in [0.1, 0.15) is 6.92 Å². The van der Waals surface area contributed by atoms with Crippen LogP contribution in [0.2, 0.25) is 0 Å². The minimum atomic E-state index is -3.77. The zero-order chi connectivity index (χ0) is 13.1. The van der Waals surface area contributed by atoms with Crippen LogP contribution in [-0.4, -0.2) is 67.4 Å². The molecule has 0 aromatic heterocycles. The molecule has 0 radical (unpaired) electrons. The summed E-state index contributed by atoms with van der Waals surface area (Å²) in [6, 6.07) is 0. The fourth-order valence-electron chi connectivity index (χ4n) is 1.19. The lowest BCUT2D eigenvalue weighted by atomic mass is 10.1. The number of nitrogens with zero attached hydrogens (tertiary/aromatic N) is 1. The quantitative estimate of drug-likeness (QED) is 0.530. The number of aliphatic carboxylic acids is 1. The first kappa shape index (κ1) is 14.3. The maximum absolute atomic E-state index is 11.7. The second-order valence-electron chi connectivity index (χ2n) is 3.92. The lowest BCUT2D eigenvalue weighted by Crippen LogP contribution is -2.52. The summed E-state index contributed by atoms with van der Waals surface area (Å²) in [6.07, 6.45) is 0. The molecule has 3 N–H and O–H groups in total. The molecule has 1 unspecified atom stereocenters. The van der Waals surface area contributed by atoms with E-state index in [9.17, 15) is 18.3 Å². The summed E-state index contributed by atoms with van der Waals surface area (Å²) in [4.78, 5) is 10.6. The van der Waals surface area contributed by atoms with Crippen LogP contribution in [0, 0.1) is 0 Å². The Balaban J connectivity index is 2.58. The van der Waals surface area contributed by atoms with Gasteiger partial charge in [0.05, 0.1) is 19.8 Å². The van der Waals surface area contributed by atoms with E-state index in [2.05, 4.69) is 4.72 Å². The van der Waals surface area contributed by atoms with E-state index in [0.717, 1.165) is 11.2 Å². The highest BCUT2D eigenvalue weighted by molar-refractivity contribution is 7.87. The van der Waals surface area contributed by atoms with Crippen molar-refractivity contribution < 1.29 is 28.2 Å². The Morgan fingerprint density at radius 1 is 1.47 bits per heavy atom. The number of hydrogen-bond donors (Lipinski definition) is 3. The van der Waals surface area contributed by atoms with Crippen LogP contribution in [0.25, 0.3) is 0 Å². The third-order valence-electron chi connectivity index (χ3n) is 2.37. The summed E-state index contributed by atoms with van der Waals surface area (Å²) < 4.78 is 31.6. The Kier molecular flexibility index (Phi) is 4.44. The van der Waals surface area contributed by atoms with E-state index in [1.807, 2.05) is 0 Å². The lowest BCUT2D eigenvalue weighted by molar-refractivity contribution is -0.155. The maximum Gasteiger partial charge on any atom is 0.336 e. The first-order valence-electron chi connectivity index (χ1n) is 5.04. The van der Waals surface area contributed by atoms with E-state index in [-0.39, 0.29) is 13.1 Å². The molecule has 1 aliphatic heterocycles. The maximum atomic E-state index is 11.7. The van der Waals surface area contributed by atoms with Crippen molar-refractivity contribution in [3.63, 3.8) is 0 Å². The number of carbonyl (C=O) groups is 1. The van der Waals surface area contributed by atoms with Crippen molar-refractivity contribution in [2.24, 2.45) is 0 Å². The lowest BCUT2D eigenvalue weighted by Gasteiger charge is -2.27. The molecule has 9 heteroatoms. The summed E-state index contributed by atoms with van der Waals surface area (Å²) in [5.74, 6) is -1.48. The number of hydrogen-bond acceptors (Lipinski definition) is 5. The highest BCUT2D eigenvalue weighted by Gasteiger charge is 2.33. The van der Waals surface area contributed by atoms with Crippen LogP contribution in [-0.2, 0) is 19.7 Å². The molecule has 8 nitrogen and oxygen atoms in total. The van der Waals surface area contributed by atoms with E-state index in [1.54, 1.807) is 0 Å². The molecule has 1 atom stereocenters. The highest BCUT2D eigenvalue weighted by atomic mass is 32.2. The van der Waals surface area contributed by atoms with Gasteiger partial charge in [0.15, 0.2) is 5.60 Å². The number of aliphatic hydroxyl groups is 1. The van der Waals surface area contributed by atoms with Gasteiger partial charge in [-0.25, -0.2) is 4.79 Å². The standard InChI is InChI=1S/C8H16N2O6S/c1-8(13,7(11)12)6-9-17(14,15)10-2-4-16-5-3-10/h9,13H,2-6H2,1H3,(H,11,12). The summed E-state index contributed by atoms with van der Waals surface area (Å²) in [5.41, 5.74) is -2.13. The Hall–Kier alpha value is -0.740. The van der Waals surface area contributed by atoms with Crippen LogP contribution >= 0.6 is 0 Å². The molecule has 1 rings (SSSR count). The molecule has 1 saturated heterocycles. The van der Waals surface area contributed by atoms with Crippen LogP contribution in [0.15, 0.2) is 0 Å². The van der Waals surface area contributed by atoms with Crippen molar-refractivity contribution >= 4 is 16.2 Å². The number of ether oxygens (including phenoxy) is 1. The first-order chi connectivity index (χ1) is 7.76. The van der Waals surface area contributed by atoms with Crippen molar-refractivity contribution in [3.05, 3.63) is 0 Å². The van der Waals surface area contributed by atoms with Gasteiger partial charge < -0.3 is 14.9 Å². The van der Waals surface area contributed by atoms with Gasteiger partial charge in [0.1, 0.15) is 0 Å². The molecule has 0 saturated carbocycles. The minimum absolute atomic E-state index is 0.213. The second-order valence-corrected chi connectivity index (χ2v) is 5.67. The van der Waals surface area contributed by atoms with Gasteiger partial charge in [0.2, 0.25) is 0 Å². The molecular weight excluding hydrogens is 252 g/mol. The van der Waals surface area contributed by atoms with E-state index >= 15 is 0 Å². The van der Waals surface area contributed by atoms with E-state index in [4.69, 9.17) is 9.84 Å². The van der Waals surface area contributed by atoms with Crippen molar-refractivity contribution in [2.75, 3.05) is 32.8 Å². The van der Waals surface area contributed by atoms with Crippen molar-refractivity contribution in [1.29, 1.82) is 0 Å². The van der Waals surface area contributed by atoms with E-state index < -0.39 is 28.3 Å². The molecule has 0 aromatic rings. The van der Waals surface area contributed by atoms with Crippen molar-refractivity contribution in [3.8, 4) is 0 Å². The summed E-state index contributed by atoms with van der Waals surface area (Å²) >= 11 is 0. The number of carboxylic acids is 1. The van der Waals surface area contributed by atoms with Crippen LogP contribution in [0.4, 0.5) is 0 Å². The van der Waals surface area contributed by atoms with Gasteiger partial charge in [-0.15, -0.1) is 0 Å². The Bertz CT molecular complexity index is 373. The zero-order valence-electron chi connectivity index (χ0n) is 9.42. The van der Waals surface area contributed by atoms with Crippen LogP contribution in [0.3, 0.4) is 0 Å². The number of nitrogens with one attached hydrogen (secondary N) is 1. The van der Waals surface area contributed by atoms with Gasteiger partial charge in [-0.2, -0.15) is 17.4 Å². The number of carboxylic acid groups (broad SMARTS) is 1. The van der Waals surface area contributed by atoms with Crippen LogP contribution in [0.5, 0.6) is 0 Å². The molecule has 0 spiro atoms. The molecule has 0 aromatic carbocycles. The summed E-state index contributed by atoms with van der Waals surface area (Å²) in [5, 5.41) is 18.0. The smallest absolute Gasteiger partial charge is 0.336 e. The molecule has 100 valence electrons. The van der Waals surface area contributed by atoms with Crippen molar-refractivity contribution in [2.45, 2.75) is 12.5 Å². The third-order valence-corrected chi connectivity index (χ3v) is 3.92. The van der Waals surface area contributed by atoms with Gasteiger partial charge in [0, 0.05) is 13.1 Å². The minimum Gasteiger partial charge on any atom is -0.479 e. The monoisotopic (exact) mass is 268 g/mol. The van der Waals surface area contributed by atoms with Crippen molar-refractivity contribution in [1.82, 2.24) is 9.03 Å². The molecule has 1 aliphatic rings. The average molecular weight is 268 g/mol. The molecule has 0 amide bonds. The molecule has 0 bridgehead atoms. The predicted octanol–water partition coefficient (Wildman–Crippen LogP) is -2.01.